The molecule has 0 unspecified atom stereocenters. The van der Waals surface area contributed by atoms with Gasteiger partial charge in [0.25, 0.3) is 0 Å². The van der Waals surface area contributed by atoms with Crippen molar-refractivity contribution in [3.8, 4) is 0 Å². The number of hydrogen-bond acceptors (Lipinski definition) is 4. The molecule has 0 heterocycles. The Morgan fingerprint density at radius 2 is 1.11 bits per heavy atom. The molecule has 0 aromatic carbocycles. The summed E-state index contributed by atoms with van der Waals surface area (Å²) in [5.74, 6) is 0. The van der Waals surface area contributed by atoms with Gasteiger partial charge in [0.2, 0.25) is 0 Å². The monoisotopic (exact) mass is 380 g/mol. The van der Waals surface area contributed by atoms with Crippen molar-refractivity contribution in [2.75, 3.05) is 13.1 Å². The SMILES string of the molecule is CCCCCNC(=S)[S-].CCCCCNC(=S)[S-].[Fe+2]. The molecule has 0 aromatic heterocycles. The topological polar surface area (TPSA) is 24.1 Å². The standard InChI is InChI=1S/2C6H13NS2.Fe/c2*1-2-3-4-5-7-6(8)9;/h2*2-5H2,1H3,(H2,7,8,9);/q;;+2/p-2. The normalized spacial score (nSPS) is 8.53. The summed E-state index contributed by atoms with van der Waals surface area (Å²) in [6, 6.07) is 0. The summed E-state index contributed by atoms with van der Waals surface area (Å²) < 4.78 is 0.984. The molecule has 0 atom stereocenters. The van der Waals surface area contributed by atoms with Crippen LogP contribution in [0, 0.1) is 0 Å². The van der Waals surface area contributed by atoms with Gasteiger partial charge in [0.15, 0.2) is 0 Å². The first-order valence-corrected chi connectivity index (χ1v) is 8.07. The predicted octanol–water partition coefficient (Wildman–Crippen LogP) is 3.19. The van der Waals surface area contributed by atoms with E-state index in [1.165, 1.54) is 38.5 Å². The molecule has 2 nitrogen and oxygen atoms in total. The molecule has 0 bridgehead atoms. The van der Waals surface area contributed by atoms with E-state index in [4.69, 9.17) is 0 Å². The van der Waals surface area contributed by atoms with Crippen molar-refractivity contribution in [2.24, 2.45) is 0 Å². The molecule has 0 fully saturated rings. The average molecular weight is 380 g/mol. The van der Waals surface area contributed by atoms with Gasteiger partial charge in [-0.2, -0.15) is 0 Å². The first kappa shape index (κ1) is 24.7. The number of nitrogens with one attached hydrogen (secondary N) is 2. The van der Waals surface area contributed by atoms with Crippen LogP contribution in [0.2, 0.25) is 0 Å². The minimum atomic E-state index is 0. The first-order valence-electron chi connectivity index (χ1n) is 6.44. The summed E-state index contributed by atoms with van der Waals surface area (Å²) in [5.41, 5.74) is 0. The van der Waals surface area contributed by atoms with Crippen LogP contribution in [0.25, 0.3) is 0 Å². The van der Waals surface area contributed by atoms with Crippen LogP contribution in [0.5, 0.6) is 0 Å². The van der Waals surface area contributed by atoms with Crippen molar-refractivity contribution in [1.29, 1.82) is 0 Å². The van der Waals surface area contributed by atoms with Crippen LogP contribution >= 0.6 is 24.4 Å². The van der Waals surface area contributed by atoms with Crippen molar-refractivity contribution >= 4 is 58.3 Å². The molecule has 0 aromatic rings. The minimum Gasteiger partial charge on any atom is -0.412 e. The molecule has 7 heteroatoms. The van der Waals surface area contributed by atoms with Crippen molar-refractivity contribution in [3.05, 3.63) is 0 Å². The molecule has 114 valence electrons. The number of rotatable bonds is 8. The summed E-state index contributed by atoms with van der Waals surface area (Å²) in [7, 11) is 0. The Morgan fingerprint density at radius 3 is 1.32 bits per heavy atom. The van der Waals surface area contributed by atoms with Crippen molar-refractivity contribution < 1.29 is 17.1 Å². The quantitative estimate of drug-likeness (QED) is 0.290. The fraction of sp³-hybridized carbons (Fsp3) is 0.833. The third kappa shape index (κ3) is 32.4. The summed E-state index contributed by atoms with van der Waals surface area (Å²) in [6.07, 6.45) is 7.34. The van der Waals surface area contributed by atoms with Crippen LogP contribution in [-0.4, -0.2) is 21.7 Å². The summed E-state index contributed by atoms with van der Waals surface area (Å²) in [5, 5.41) is 5.85. The summed E-state index contributed by atoms with van der Waals surface area (Å²) >= 11 is 18.6. The van der Waals surface area contributed by atoms with Gasteiger partial charge in [-0.1, -0.05) is 48.2 Å². The predicted molar refractivity (Wildman–Crippen MR) is 95.0 cm³/mol. The van der Waals surface area contributed by atoms with Crippen LogP contribution in [0.3, 0.4) is 0 Å². The van der Waals surface area contributed by atoms with Gasteiger partial charge in [0, 0.05) is 13.1 Å². The number of unbranched alkanes of at least 4 members (excludes halogenated alkanes) is 4. The van der Waals surface area contributed by atoms with E-state index in [-0.39, 0.29) is 17.1 Å². The molecule has 2 N–H and O–H groups in total. The zero-order valence-electron chi connectivity index (χ0n) is 11.6. The Morgan fingerprint density at radius 1 is 0.789 bits per heavy atom. The van der Waals surface area contributed by atoms with Gasteiger partial charge < -0.3 is 60.3 Å². The zero-order valence-corrected chi connectivity index (χ0v) is 16.0. The van der Waals surface area contributed by atoms with E-state index >= 15 is 0 Å². The smallest absolute Gasteiger partial charge is 0.412 e. The second-order valence-electron chi connectivity index (χ2n) is 3.84. The molecule has 0 aliphatic rings. The Balaban J connectivity index is -0.000000256. The summed E-state index contributed by atoms with van der Waals surface area (Å²) in [4.78, 5) is 0. The Kier molecular flexibility index (Phi) is 27.4. The van der Waals surface area contributed by atoms with E-state index < -0.39 is 0 Å². The zero-order chi connectivity index (χ0) is 14.2. The van der Waals surface area contributed by atoms with Crippen LogP contribution in [-0.2, 0) is 42.3 Å². The van der Waals surface area contributed by atoms with Crippen molar-refractivity contribution in [3.63, 3.8) is 0 Å². The summed E-state index contributed by atoms with van der Waals surface area (Å²) in [6.45, 7) is 6.23. The second kappa shape index (κ2) is 21.0. The van der Waals surface area contributed by atoms with Gasteiger partial charge in [-0.15, -0.1) is 0 Å². The Labute approximate surface area is 150 Å². The molecule has 0 saturated carbocycles. The first-order chi connectivity index (χ1) is 8.54. The van der Waals surface area contributed by atoms with Crippen LogP contribution < -0.4 is 10.6 Å². The molecule has 0 saturated heterocycles. The number of thiocarbonyl (C=S) groups is 2. The van der Waals surface area contributed by atoms with Gasteiger partial charge in [-0.05, 0) is 12.8 Å². The van der Waals surface area contributed by atoms with Gasteiger partial charge in [0.05, 0.1) is 0 Å². The van der Waals surface area contributed by atoms with Gasteiger partial charge in [-0.25, -0.2) is 0 Å². The van der Waals surface area contributed by atoms with Crippen molar-refractivity contribution in [1.82, 2.24) is 10.6 Å². The molecule has 0 rings (SSSR count). The number of hydrogen-bond donors (Lipinski definition) is 2. The van der Waals surface area contributed by atoms with Gasteiger partial charge in [-0.3, -0.25) is 0 Å². The Bertz CT molecular complexity index is 194. The molecule has 0 radical (unpaired) electrons. The molecule has 19 heavy (non-hydrogen) atoms. The van der Waals surface area contributed by atoms with Crippen LogP contribution in [0.15, 0.2) is 0 Å². The largest absolute Gasteiger partial charge is 2.00 e. The van der Waals surface area contributed by atoms with Crippen LogP contribution in [0.1, 0.15) is 52.4 Å². The minimum absolute atomic E-state index is 0. The average Bonchev–Trinajstić information content (AvgIpc) is 2.31. The van der Waals surface area contributed by atoms with Gasteiger partial charge in [0.1, 0.15) is 0 Å². The Hall–Kier alpha value is 0.739. The van der Waals surface area contributed by atoms with E-state index in [1.54, 1.807) is 0 Å². The van der Waals surface area contributed by atoms with Gasteiger partial charge >= 0.3 is 17.1 Å². The molecule has 0 amide bonds. The fourth-order valence-electron chi connectivity index (χ4n) is 1.13. The maximum atomic E-state index is 4.65. The molecular weight excluding hydrogens is 356 g/mol. The molecule has 0 aliphatic carbocycles. The van der Waals surface area contributed by atoms with E-state index in [0.717, 1.165) is 13.1 Å². The maximum Gasteiger partial charge on any atom is 2.00 e. The van der Waals surface area contributed by atoms with Crippen molar-refractivity contribution in [2.45, 2.75) is 52.4 Å². The fourth-order valence-corrected chi connectivity index (χ4v) is 1.54. The van der Waals surface area contributed by atoms with Crippen LogP contribution in [0.4, 0.5) is 0 Å². The third-order valence-electron chi connectivity index (χ3n) is 2.10. The maximum absolute atomic E-state index is 4.65. The van der Waals surface area contributed by atoms with E-state index in [9.17, 15) is 0 Å². The molecule has 0 aliphatic heterocycles. The molecule has 0 spiro atoms. The van der Waals surface area contributed by atoms with E-state index in [2.05, 4.69) is 74.2 Å². The van der Waals surface area contributed by atoms with E-state index in [0.29, 0.717) is 8.64 Å². The third-order valence-corrected chi connectivity index (χ3v) is 2.68. The molecular formula is C12H24FeN2S4. The second-order valence-corrected chi connectivity index (χ2v) is 5.99. The van der Waals surface area contributed by atoms with E-state index in [1.807, 2.05) is 0 Å².